The zero-order chi connectivity index (χ0) is 17.3. The number of benzene rings is 1. The van der Waals surface area contributed by atoms with E-state index in [0.717, 1.165) is 31.3 Å². The van der Waals surface area contributed by atoms with E-state index in [1.807, 2.05) is 0 Å². The van der Waals surface area contributed by atoms with Gasteiger partial charge in [0.15, 0.2) is 0 Å². The van der Waals surface area contributed by atoms with Crippen molar-refractivity contribution in [3.63, 3.8) is 0 Å². The van der Waals surface area contributed by atoms with Crippen LogP contribution in [0.4, 0.5) is 4.39 Å². The molecule has 128 valence electrons. The van der Waals surface area contributed by atoms with Gasteiger partial charge in [0.05, 0.1) is 17.0 Å². The van der Waals surface area contributed by atoms with Crippen molar-refractivity contribution in [2.24, 2.45) is 5.73 Å². The van der Waals surface area contributed by atoms with Crippen molar-refractivity contribution in [1.29, 1.82) is 0 Å². The van der Waals surface area contributed by atoms with E-state index in [9.17, 15) is 4.39 Å². The first-order chi connectivity index (χ1) is 11.5. The predicted octanol–water partition coefficient (Wildman–Crippen LogP) is 5.27. The van der Waals surface area contributed by atoms with Crippen LogP contribution in [0, 0.1) is 0 Å². The molecule has 24 heavy (non-hydrogen) atoms. The van der Waals surface area contributed by atoms with Crippen LogP contribution in [0.15, 0.2) is 34.1 Å². The maximum absolute atomic E-state index is 14.5. The maximum atomic E-state index is 14.5. The van der Waals surface area contributed by atoms with E-state index < -0.39 is 12.0 Å². The summed E-state index contributed by atoms with van der Waals surface area (Å²) in [4.78, 5) is 4.33. The first-order valence-corrected chi connectivity index (χ1v) is 8.65. The molecule has 2 N–H and O–H groups in total. The predicted molar refractivity (Wildman–Crippen MR) is 92.7 cm³/mol. The quantitative estimate of drug-likeness (QED) is 0.796. The highest BCUT2D eigenvalue weighted by Crippen LogP contribution is 2.33. The van der Waals surface area contributed by atoms with Gasteiger partial charge in [-0.2, -0.15) is 4.98 Å². The van der Waals surface area contributed by atoms with Gasteiger partial charge in [-0.05, 0) is 49.5 Å². The minimum atomic E-state index is -0.785. The van der Waals surface area contributed by atoms with Crippen molar-refractivity contribution >= 4 is 23.2 Å². The van der Waals surface area contributed by atoms with Crippen molar-refractivity contribution in [2.75, 3.05) is 0 Å². The standard InChI is InChI=1S/C17H18Cl2FN3O/c1-9(15(21)14(20)10-4-2-3-5-10)17-22-16(23-24-17)12-7-6-11(18)8-13(12)19/h6-9,15H,2-5,21H2,1H3/t9?,15-/m0/s1. The minimum Gasteiger partial charge on any atom is -0.339 e. The number of nitrogens with two attached hydrogens (primary N) is 1. The summed E-state index contributed by atoms with van der Waals surface area (Å²) in [6.45, 7) is 1.78. The fraction of sp³-hybridized carbons (Fsp3) is 0.412. The van der Waals surface area contributed by atoms with E-state index in [4.69, 9.17) is 33.5 Å². The minimum absolute atomic E-state index is 0.246. The smallest absolute Gasteiger partial charge is 0.231 e. The van der Waals surface area contributed by atoms with Crippen molar-refractivity contribution in [1.82, 2.24) is 10.1 Å². The van der Waals surface area contributed by atoms with Crippen LogP contribution in [-0.4, -0.2) is 16.2 Å². The van der Waals surface area contributed by atoms with Gasteiger partial charge in [-0.15, -0.1) is 0 Å². The van der Waals surface area contributed by atoms with Gasteiger partial charge in [0, 0.05) is 10.6 Å². The summed E-state index contributed by atoms with van der Waals surface area (Å²) in [6, 6.07) is 4.23. The normalized spacial score (nSPS) is 17.1. The second-order valence-electron chi connectivity index (χ2n) is 6.05. The molecule has 7 heteroatoms. The first kappa shape index (κ1) is 17.4. The highest BCUT2D eigenvalue weighted by atomic mass is 35.5. The van der Waals surface area contributed by atoms with E-state index in [-0.39, 0.29) is 11.7 Å². The van der Waals surface area contributed by atoms with Gasteiger partial charge in [0.1, 0.15) is 5.83 Å². The number of nitrogens with zero attached hydrogens (tertiary/aromatic N) is 2. The Hall–Kier alpha value is -1.43. The van der Waals surface area contributed by atoms with E-state index in [1.54, 1.807) is 25.1 Å². The van der Waals surface area contributed by atoms with Crippen LogP contribution in [0.2, 0.25) is 10.0 Å². The topological polar surface area (TPSA) is 64.9 Å². The van der Waals surface area contributed by atoms with Crippen molar-refractivity contribution in [2.45, 2.75) is 44.6 Å². The Labute approximate surface area is 149 Å². The molecule has 0 radical (unpaired) electrons. The first-order valence-electron chi connectivity index (χ1n) is 7.89. The summed E-state index contributed by atoms with van der Waals surface area (Å²) in [6.07, 6.45) is 3.59. The van der Waals surface area contributed by atoms with Crippen LogP contribution in [0.5, 0.6) is 0 Å². The second kappa shape index (κ2) is 7.21. The summed E-state index contributed by atoms with van der Waals surface area (Å²) >= 11 is 12.0. The number of halogens is 3. The largest absolute Gasteiger partial charge is 0.339 e. The molecule has 1 unspecified atom stereocenters. The number of aromatic nitrogens is 2. The Bertz CT molecular complexity index is 767. The van der Waals surface area contributed by atoms with Gasteiger partial charge in [-0.1, -0.05) is 35.3 Å². The van der Waals surface area contributed by atoms with Crippen LogP contribution in [-0.2, 0) is 0 Å². The average molecular weight is 370 g/mol. The summed E-state index contributed by atoms with van der Waals surface area (Å²) < 4.78 is 19.8. The van der Waals surface area contributed by atoms with Crippen LogP contribution in [0.25, 0.3) is 11.4 Å². The summed E-state index contributed by atoms with van der Waals surface area (Å²) in [5.74, 6) is -0.0494. The molecule has 4 nitrogen and oxygen atoms in total. The maximum Gasteiger partial charge on any atom is 0.231 e. The highest BCUT2D eigenvalue weighted by molar-refractivity contribution is 6.36. The van der Waals surface area contributed by atoms with Crippen molar-refractivity contribution in [3.05, 3.63) is 45.5 Å². The van der Waals surface area contributed by atoms with Gasteiger partial charge in [-0.3, -0.25) is 0 Å². The van der Waals surface area contributed by atoms with E-state index in [0.29, 0.717) is 21.4 Å². The molecule has 1 heterocycles. The molecule has 1 fully saturated rings. The van der Waals surface area contributed by atoms with Gasteiger partial charge in [0.2, 0.25) is 11.7 Å². The molecular formula is C17H18Cl2FN3O. The lowest BCUT2D eigenvalue weighted by Crippen LogP contribution is -2.28. The molecule has 1 aromatic heterocycles. The SMILES string of the molecule is CC(c1nc(-c2ccc(Cl)cc2Cl)no1)[C@H](N)C(F)=C1CCCC1. The molecular weight excluding hydrogens is 352 g/mol. The van der Waals surface area contributed by atoms with Gasteiger partial charge in [0.25, 0.3) is 0 Å². The van der Waals surface area contributed by atoms with Crippen LogP contribution in [0.3, 0.4) is 0 Å². The van der Waals surface area contributed by atoms with Crippen LogP contribution < -0.4 is 5.73 Å². The average Bonchev–Trinajstić information content (AvgIpc) is 3.24. The highest BCUT2D eigenvalue weighted by Gasteiger charge is 2.28. The Morgan fingerprint density at radius 1 is 1.29 bits per heavy atom. The number of allylic oxidation sites excluding steroid dienone is 1. The molecule has 1 aromatic carbocycles. The molecule has 1 aliphatic rings. The lowest BCUT2D eigenvalue weighted by Gasteiger charge is -2.16. The molecule has 0 saturated heterocycles. The fourth-order valence-corrected chi connectivity index (χ4v) is 3.34. The lowest BCUT2D eigenvalue weighted by molar-refractivity contribution is 0.338. The molecule has 0 amide bonds. The third-order valence-electron chi connectivity index (χ3n) is 4.38. The zero-order valence-corrected chi connectivity index (χ0v) is 14.7. The fourth-order valence-electron chi connectivity index (χ4n) is 2.85. The second-order valence-corrected chi connectivity index (χ2v) is 6.90. The third-order valence-corrected chi connectivity index (χ3v) is 4.93. The monoisotopic (exact) mass is 369 g/mol. The molecule has 2 aromatic rings. The number of rotatable bonds is 4. The molecule has 0 bridgehead atoms. The van der Waals surface area contributed by atoms with Crippen molar-refractivity contribution < 1.29 is 8.91 Å². The Kier molecular flexibility index (Phi) is 5.23. The molecule has 1 saturated carbocycles. The summed E-state index contributed by atoms with van der Waals surface area (Å²) in [5, 5.41) is 4.87. The lowest BCUT2D eigenvalue weighted by atomic mass is 9.98. The molecule has 0 spiro atoms. The number of hydrogen-bond acceptors (Lipinski definition) is 4. The molecule has 0 aliphatic heterocycles. The number of hydrogen-bond donors (Lipinski definition) is 1. The van der Waals surface area contributed by atoms with E-state index in [1.165, 1.54) is 0 Å². The summed E-state index contributed by atoms with van der Waals surface area (Å²) in [7, 11) is 0. The Morgan fingerprint density at radius 2 is 2.00 bits per heavy atom. The van der Waals surface area contributed by atoms with Gasteiger partial charge in [-0.25, -0.2) is 4.39 Å². The van der Waals surface area contributed by atoms with Crippen LogP contribution in [0.1, 0.15) is 44.4 Å². The van der Waals surface area contributed by atoms with E-state index in [2.05, 4.69) is 10.1 Å². The Balaban J connectivity index is 1.83. The summed E-state index contributed by atoms with van der Waals surface area (Å²) in [5.41, 5.74) is 7.48. The molecule has 1 aliphatic carbocycles. The van der Waals surface area contributed by atoms with Gasteiger partial charge < -0.3 is 10.3 Å². The molecule has 2 atom stereocenters. The third kappa shape index (κ3) is 3.48. The van der Waals surface area contributed by atoms with Crippen molar-refractivity contribution in [3.8, 4) is 11.4 Å². The molecule has 3 rings (SSSR count). The van der Waals surface area contributed by atoms with Gasteiger partial charge >= 0.3 is 0 Å². The van der Waals surface area contributed by atoms with E-state index >= 15 is 0 Å². The van der Waals surface area contributed by atoms with Crippen LogP contribution >= 0.6 is 23.2 Å². The Morgan fingerprint density at radius 3 is 2.67 bits per heavy atom. The zero-order valence-electron chi connectivity index (χ0n) is 13.2.